The van der Waals surface area contributed by atoms with Crippen LogP contribution in [-0.4, -0.2) is 66.3 Å². The molecule has 0 aromatic carbocycles. The molecule has 0 spiro atoms. The number of methoxy groups -OCH3 is 1. The van der Waals surface area contributed by atoms with Crippen molar-refractivity contribution in [2.45, 2.75) is 31.7 Å². The molecule has 2 rings (SSSR count). The molecule has 2 fully saturated rings. The summed E-state index contributed by atoms with van der Waals surface area (Å²) in [6, 6.07) is -0.763. The number of hydrogen-bond donors (Lipinski definition) is 1. The first kappa shape index (κ1) is 14.1. The van der Waals surface area contributed by atoms with Gasteiger partial charge in [-0.1, -0.05) is 0 Å². The second-order valence-electron chi connectivity index (χ2n) is 5.38. The molecule has 6 heteroatoms. The van der Waals surface area contributed by atoms with Gasteiger partial charge in [-0.25, -0.2) is 9.59 Å². The lowest BCUT2D eigenvalue weighted by Gasteiger charge is -2.36. The van der Waals surface area contributed by atoms with Crippen molar-refractivity contribution in [2.75, 3.05) is 33.4 Å². The lowest BCUT2D eigenvalue weighted by Crippen LogP contribution is -2.51. The van der Waals surface area contributed by atoms with E-state index in [4.69, 9.17) is 9.84 Å². The maximum absolute atomic E-state index is 12.4. The van der Waals surface area contributed by atoms with Crippen LogP contribution in [0.25, 0.3) is 0 Å². The third-order valence-electron chi connectivity index (χ3n) is 3.98. The molecular weight excluding hydrogens is 248 g/mol. The van der Waals surface area contributed by atoms with E-state index in [2.05, 4.69) is 0 Å². The van der Waals surface area contributed by atoms with Crippen molar-refractivity contribution in [1.29, 1.82) is 0 Å². The third-order valence-corrected chi connectivity index (χ3v) is 3.98. The van der Waals surface area contributed by atoms with Crippen LogP contribution < -0.4 is 0 Å². The van der Waals surface area contributed by atoms with E-state index in [1.165, 1.54) is 4.90 Å². The van der Waals surface area contributed by atoms with Crippen LogP contribution in [0.3, 0.4) is 0 Å². The smallest absolute Gasteiger partial charge is 0.326 e. The average molecular weight is 270 g/mol. The molecule has 2 aliphatic rings. The molecule has 1 unspecified atom stereocenters. The summed E-state index contributed by atoms with van der Waals surface area (Å²) in [5.41, 5.74) is 0. The zero-order valence-electron chi connectivity index (χ0n) is 11.4. The molecular formula is C13H22N2O4. The van der Waals surface area contributed by atoms with E-state index >= 15 is 0 Å². The number of rotatable bonds is 3. The van der Waals surface area contributed by atoms with Gasteiger partial charge in [0, 0.05) is 32.7 Å². The summed E-state index contributed by atoms with van der Waals surface area (Å²) in [5, 5.41) is 9.13. The van der Waals surface area contributed by atoms with Crippen LogP contribution in [0.2, 0.25) is 0 Å². The van der Waals surface area contributed by atoms with Crippen molar-refractivity contribution in [2.24, 2.45) is 5.92 Å². The number of carbonyl (C=O) groups excluding carboxylic acids is 1. The van der Waals surface area contributed by atoms with Crippen molar-refractivity contribution in [3.8, 4) is 0 Å². The number of ether oxygens (including phenoxy) is 1. The third kappa shape index (κ3) is 3.18. The Morgan fingerprint density at radius 2 is 2.00 bits per heavy atom. The number of hydrogen-bond acceptors (Lipinski definition) is 3. The van der Waals surface area contributed by atoms with Crippen molar-refractivity contribution < 1.29 is 19.4 Å². The van der Waals surface area contributed by atoms with Crippen LogP contribution in [0.1, 0.15) is 25.7 Å². The molecule has 2 atom stereocenters. The Morgan fingerprint density at radius 1 is 1.26 bits per heavy atom. The second-order valence-corrected chi connectivity index (χ2v) is 5.38. The Balaban J connectivity index is 1.96. The molecule has 2 amide bonds. The first-order chi connectivity index (χ1) is 9.13. The van der Waals surface area contributed by atoms with Crippen LogP contribution >= 0.6 is 0 Å². The predicted molar refractivity (Wildman–Crippen MR) is 68.9 cm³/mol. The van der Waals surface area contributed by atoms with E-state index in [-0.39, 0.29) is 6.03 Å². The Morgan fingerprint density at radius 3 is 2.68 bits per heavy atom. The number of nitrogens with zero attached hydrogens (tertiary/aromatic N) is 2. The number of piperidine rings is 1. The van der Waals surface area contributed by atoms with Crippen LogP contribution in [0, 0.1) is 5.92 Å². The zero-order chi connectivity index (χ0) is 13.8. The molecule has 0 aromatic heterocycles. The Bertz CT molecular complexity index is 346. The van der Waals surface area contributed by atoms with Crippen molar-refractivity contribution in [3.63, 3.8) is 0 Å². The fraction of sp³-hybridized carbons (Fsp3) is 0.846. The van der Waals surface area contributed by atoms with E-state index in [1.807, 2.05) is 0 Å². The molecule has 0 bridgehead atoms. The molecule has 0 radical (unpaired) electrons. The van der Waals surface area contributed by atoms with Gasteiger partial charge in [0.15, 0.2) is 0 Å². The van der Waals surface area contributed by atoms with E-state index in [0.29, 0.717) is 32.0 Å². The number of urea groups is 1. The SMILES string of the molecule is COCC1CCCN(C(=O)N2CCC[C@@H]2C(=O)O)C1. The van der Waals surface area contributed by atoms with E-state index in [9.17, 15) is 9.59 Å². The molecule has 0 aliphatic carbocycles. The Labute approximate surface area is 113 Å². The van der Waals surface area contributed by atoms with Crippen molar-refractivity contribution in [1.82, 2.24) is 9.80 Å². The minimum Gasteiger partial charge on any atom is -0.480 e. The maximum atomic E-state index is 12.4. The molecule has 108 valence electrons. The highest BCUT2D eigenvalue weighted by molar-refractivity contribution is 5.83. The highest BCUT2D eigenvalue weighted by Crippen LogP contribution is 2.23. The standard InChI is InChI=1S/C13H22N2O4/c1-19-9-10-4-2-6-14(8-10)13(18)15-7-3-5-11(15)12(16)17/h10-11H,2-9H2,1H3,(H,16,17)/t10?,11-/m1/s1. The number of carboxylic acid groups (broad SMARTS) is 1. The molecule has 1 N–H and O–H groups in total. The fourth-order valence-corrected chi connectivity index (χ4v) is 3.04. The van der Waals surface area contributed by atoms with Gasteiger partial charge in [0.25, 0.3) is 0 Å². The minimum absolute atomic E-state index is 0.120. The number of carbonyl (C=O) groups is 2. The van der Waals surface area contributed by atoms with Gasteiger partial charge in [0.1, 0.15) is 6.04 Å². The van der Waals surface area contributed by atoms with Gasteiger partial charge in [-0.15, -0.1) is 0 Å². The molecule has 19 heavy (non-hydrogen) atoms. The molecule has 2 aliphatic heterocycles. The van der Waals surface area contributed by atoms with E-state index < -0.39 is 12.0 Å². The lowest BCUT2D eigenvalue weighted by atomic mass is 9.99. The van der Waals surface area contributed by atoms with Gasteiger partial charge in [0.05, 0.1) is 6.61 Å². The first-order valence-electron chi connectivity index (χ1n) is 6.90. The van der Waals surface area contributed by atoms with Crippen LogP contribution in [0.4, 0.5) is 4.79 Å². The van der Waals surface area contributed by atoms with Gasteiger partial charge < -0.3 is 19.6 Å². The summed E-state index contributed by atoms with van der Waals surface area (Å²) in [7, 11) is 1.67. The molecule has 6 nitrogen and oxygen atoms in total. The lowest BCUT2D eigenvalue weighted by molar-refractivity contribution is -0.141. The predicted octanol–water partition coefficient (Wildman–Crippen LogP) is 1.01. The highest BCUT2D eigenvalue weighted by Gasteiger charge is 2.37. The number of likely N-dealkylation sites (tertiary alicyclic amines) is 2. The summed E-state index contributed by atoms with van der Waals surface area (Å²) in [4.78, 5) is 26.8. The van der Waals surface area contributed by atoms with Crippen LogP contribution in [0.15, 0.2) is 0 Å². The van der Waals surface area contributed by atoms with Gasteiger partial charge in [0.2, 0.25) is 0 Å². The summed E-state index contributed by atoms with van der Waals surface area (Å²) in [6.45, 7) is 2.62. The van der Waals surface area contributed by atoms with Gasteiger partial charge >= 0.3 is 12.0 Å². The number of carboxylic acids is 1. The highest BCUT2D eigenvalue weighted by atomic mass is 16.5. The molecule has 0 saturated carbocycles. The van der Waals surface area contributed by atoms with Crippen LogP contribution in [0.5, 0.6) is 0 Å². The topological polar surface area (TPSA) is 70.1 Å². The number of amides is 2. The zero-order valence-corrected chi connectivity index (χ0v) is 11.4. The van der Waals surface area contributed by atoms with Crippen LogP contribution in [-0.2, 0) is 9.53 Å². The molecule has 2 saturated heterocycles. The summed E-state index contributed by atoms with van der Waals surface area (Å²) in [6.07, 6.45) is 3.37. The first-order valence-corrected chi connectivity index (χ1v) is 6.90. The molecule has 2 heterocycles. The van der Waals surface area contributed by atoms with Crippen molar-refractivity contribution >= 4 is 12.0 Å². The van der Waals surface area contributed by atoms with E-state index in [0.717, 1.165) is 25.8 Å². The Kier molecular flexibility index (Phi) is 4.63. The Hall–Kier alpha value is -1.30. The normalized spacial score (nSPS) is 27.6. The number of aliphatic carboxylic acids is 1. The van der Waals surface area contributed by atoms with Gasteiger partial charge in [-0.2, -0.15) is 0 Å². The van der Waals surface area contributed by atoms with E-state index in [1.54, 1.807) is 12.0 Å². The summed E-state index contributed by atoms with van der Waals surface area (Å²) in [5.74, 6) is -0.523. The monoisotopic (exact) mass is 270 g/mol. The minimum atomic E-state index is -0.892. The average Bonchev–Trinajstić information content (AvgIpc) is 2.88. The maximum Gasteiger partial charge on any atom is 0.326 e. The van der Waals surface area contributed by atoms with Gasteiger partial charge in [-0.05, 0) is 25.7 Å². The second kappa shape index (κ2) is 6.23. The fourth-order valence-electron chi connectivity index (χ4n) is 3.04. The summed E-state index contributed by atoms with van der Waals surface area (Å²) < 4.78 is 5.15. The quantitative estimate of drug-likeness (QED) is 0.831. The van der Waals surface area contributed by atoms with Crippen molar-refractivity contribution in [3.05, 3.63) is 0 Å². The largest absolute Gasteiger partial charge is 0.480 e. The summed E-state index contributed by atoms with van der Waals surface area (Å²) >= 11 is 0. The molecule has 0 aromatic rings. The van der Waals surface area contributed by atoms with Gasteiger partial charge in [-0.3, -0.25) is 0 Å².